The van der Waals surface area contributed by atoms with E-state index in [2.05, 4.69) is 0 Å². The van der Waals surface area contributed by atoms with Crippen LogP contribution in [0.5, 0.6) is 5.75 Å². The summed E-state index contributed by atoms with van der Waals surface area (Å²) in [5, 5.41) is 21.0. The highest BCUT2D eigenvalue weighted by molar-refractivity contribution is 5.83. The van der Waals surface area contributed by atoms with Gasteiger partial charge in [-0.05, 0) is 38.1 Å². The van der Waals surface area contributed by atoms with Crippen LogP contribution in [0.2, 0.25) is 0 Å². The monoisotopic (exact) mass is 350 g/mol. The Bertz CT molecular complexity index is 648. The number of hydrogen-bond acceptors (Lipinski definition) is 5. The molecule has 0 aromatic heterocycles. The maximum absolute atomic E-state index is 12.1. The summed E-state index contributed by atoms with van der Waals surface area (Å²) in [6.45, 7) is 3.45. The molecule has 6 nitrogen and oxygen atoms in total. The molecule has 0 aliphatic carbocycles. The number of aliphatic hydroxyl groups is 2. The molecule has 0 saturated carbocycles. The van der Waals surface area contributed by atoms with E-state index in [1.807, 2.05) is 38.4 Å². The smallest absolute Gasteiger partial charge is 0.331 e. The van der Waals surface area contributed by atoms with Gasteiger partial charge in [0.25, 0.3) is 0 Å². The third-order valence-corrected chi connectivity index (χ3v) is 4.70. The standard InChI is InChI=1S/C19H28NO5/c1-13(2)10-16(22)25-19(12-21)11-20(3,4)17(18(19)23)14-6-8-15(24-5)9-7-14/h6-10,17-18,21,23H,11-12H2,1-5H3/q+1/t17-,18-,19+/m1/s1. The number of carbonyl (C=O) groups is 1. The lowest BCUT2D eigenvalue weighted by atomic mass is 9.93. The number of likely N-dealkylation sites (tertiary alicyclic amines) is 1. The summed E-state index contributed by atoms with van der Waals surface area (Å²) in [6.07, 6.45) is 0.334. The molecule has 25 heavy (non-hydrogen) atoms. The number of benzene rings is 1. The van der Waals surface area contributed by atoms with E-state index in [0.29, 0.717) is 11.0 Å². The molecule has 1 aliphatic rings. The van der Waals surface area contributed by atoms with Crippen LogP contribution in [0.25, 0.3) is 0 Å². The highest BCUT2D eigenvalue weighted by Gasteiger charge is 2.61. The lowest BCUT2D eigenvalue weighted by molar-refractivity contribution is -0.911. The Morgan fingerprint density at radius 2 is 1.92 bits per heavy atom. The number of ether oxygens (including phenoxy) is 2. The Morgan fingerprint density at radius 3 is 2.40 bits per heavy atom. The summed E-state index contributed by atoms with van der Waals surface area (Å²) in [5.74, 6) is 0.174. The van der Waals surface area contributed by atoms with Gasteiger partial charge in [-0.25, -0.2) is 4.79 Å². The minimum Gasteiger partial charge on any atom is -0.497 e. The van der Waals surface area contributed by atoms with Crippen LogP contribution in [-0.2, 0) is 9.53 Å². The molecule has 1 aromatic carbocycles. The zero-order valence-electron chi connectivity index (χ0n) is 15.5. The molecule has 138 valence electrons. The van der Waals surface area contributed by atoms with Gasteiger partial charge in [0.15, 0.2) is 6.10 Å². The number of quaternary nitrogens is 1. The van der Waals surface area contributed by atoms with E-state index in [9.17, 15) is 15.0 Å². The average Bonchev–Trinajstić information content (AvgIpc) is 2.73. The van der Waals surface area contributed by atoms with Crippen molar-refractivity contribution in [1.82, 2.24) is 0 Å². The van der Waals surface area contributed by atoms with Crippen molar-refractivity contribution in [3.8, 4) is 5.75 Å². The summed E-state index contributed by atoms with van der Waals surface area (Å²) in [4.78, 5) is 12.1. The van der Waals surface area contributed by atoms with Gasteiger partial charge in [-0.1, -0.05) is 5.57 Å². The van der Waals surface area contributed by atoms with Crippen molar-refractivity contribution in [2.24, 2.45) is 0 Å². The van der Waals surface area contributed by atoms with Crippen molar-refractivity contribution in [1.29, 1.82) is 0 Å². The first-order valence-corrected chi connectivity index (χ1v) is 8.28. The Kier molecular flexibility index (Phi) is 5.56. The lowest BCUT2D eigenvalue weighted by Gasteiger charge is -2.32. The van der Waals surface area contributed by atoms with Gasteiger partial charge in [-0.3, -0.25) is 0 Å². The van der Waals surface area contributed by atoms with E-state index in [1.54, 1.807) is 21.0 Å². The second-order valence-electron chi connectivity index (χ2n) is 7.47. The minimum absolute atomic E-state index is 0.309. The number of allylic oxidation sites excluding steroid dienone is 1. The zero-order chi connectivity index (χ0) is 18.8. The Hall–Kier alpha value is -1.89. The van der Waals surface area contributed by atoms with Crippen LogP contribution >= 0.6 is 0 Å². The maximum Gasteiger partial charge on any atom is 0.331 e. The van der Waals surface area contributed by atoms with Crippen molar-refractivity contribution in [3.05, 3.63) is 41.5 Å². The third-order valence-electron chi connectivity index (χ3n) is 4.70. The number of aliphatic hydroxyl groups excluding tert-OH is 2. The number of esters is 1. The fourth-order valence-corrected chi connectivity index (χ4v) is 3.67. The molecule has 1 aliphatic heterocycles. The molecule has 0 bridgehead atoms. The Labute approximate surface area is 148 Å². The number of rotatable bonds is 5. The largest absolute Gasteiger partial charge is 0.497 e. The van der Waals surface area contributed by atoms with E-state index in [-0.39, 0.29) is 6.04 Å². The van der Waals surface area contributed by atoms with Gasteiger partial charge < -0.3 is 24.2 Å². The highest BCUT2D eigenvalue weighted by Crippen LogP contribution is 2.43. The van der Waals surface area contributed by atoms with Crippen molar-refractivity contribution in [3.63, 3.8) is 0 Å². The predicted octanol–water partition coefficient (Wildman–Crippen LogP) is 1.43. The number of methoxy groups -OCH3 is 1. The molecule has 1 fully saturated rings. The van der Waals surface area contributed by atoms with Crippen molar-refractivity contribution in [2.45, 2.75) is 31.6 Å². The Morgan fingerprint density at radius 1 is 1.32 bits per heavy atom. The van der Waals surface area contributed by atoms with Gasteiger partial charge in [0.1, 0.15) is 18.3 Å². The van der Waals surface area contributed by atoms with E-state index < -0.39 is 24.3 Å². The molecule has 3 atom stereocenters. The third kappa shape index (κ3) is 3.86. The molecular formula is C19H28NO5+. The average molecular weight is 350 g/mol. The highest BCUT2D eigenvalue weighted by atomic mass is 16.6. The fraction of sp³-hybridized carbons (Fsp3) is 0.526. The molecule has 0 spiro atoms. The van der Waals surface area contributed by atoms with E-state index in [0.717, 1.165) is 16.9 Å². The molecule has 1 saturated heterocycles. The van der Waals surface area contributed by atoms with Crippen LogP contribution in [0.4, 0.5) is 0 Å². The SMILES string of the molecule is COc1ccc([C@@H]2[C@@H](O)[C@](CO)(OC(=O)C=C(C)C)C[N+]2(C)C)cc1. The van der Waals surface area contributed by atoms with Gasteiger partial charge in [0.2, 0.25) is 5.60 Å². The number of nitrogens with zero attached hydrogens (tertiary/aromatic N) is 1. The molecule has 2 N–H and O–H groups in total. The van der Waals surface area contributed by atoms with Crippen LogP contribution in [-0.4, -0.2) is 66.7 Å². The van der Waals surface area contributed by atoms with Crippen LogP contribution < -0.4 is 4.74 Å². The van der Waals surface area contributed by atoms with E-state index in [4.69, 9.17) is 9.47 Å². The first-order valence-electron chi connectivity index (χ1n) is 8.28. The predicted molar refractivity (Wildman–Crippen MR) is 94.1 cm³/mol. The van der Waals surface area contributed by atoms with Gasteiger partial charge in [0, 0.05) is 11.6 Å². The van der Waals surface area contributed by atoms with Gasteiger partial charge in [0.05, 0.1) is 27.8 Å². The topological polar surface area (TPSA) is 76.0 Å². The number of likely N-dealkylation sites (N-methyl/N-ethyl adjacent to an activating group) is 1. The molecule has 1 aromatic rings. The Balaban J connectivity index is 2.36. The minimum atomic E-state index is -1.34. The first-order chi connectivity index (χ1) is 11.6. The van der Waals surface area contributed by atoms with Crippen LogP contribution in [0.3, 0.4) is 0 Å². The normalized spacial score (nSPS) is 27.6. The van der Waals surface area contributed by atoms with Gasteiger partial charge in [-0.2, -0.15) is 0 Å². The molecule has 1 heterocycles. The van der Waals surface area contributed by atoms with Crippen molar-refractivity contribution < 1.29 is 29.0 Å². The van der Waals surface area contributed by atoms with Gasteiger partial charge in [-0.15, -0.1) is 0 Å². The van der Waals surface area contributed by atoms with Gasteiger partial charge >= 0.3 is 5.97 Å². The van der Waals surface area contributed by atoms with Crippen LogP contribution in [0.1, 0.15) is 25.5 Å². The molecular weight excluding hydrogens is 322 g/mol. The summed E-state index contributed by atoms with van der Waals surface area (Å²) < 4.78 is 11.1. The molecule has 2 rings (SSSR count). The molecule has 0 radical (unpaired) electrons. The van der Waals surface area contributed by atoms with Crippen molar-refractivity contribution in [2.75, 3.05) is 34.4 Å². The summed E-state index contributed by atoms with van der Waals surface area (Å²) in [6, 6.07) is 7.10. The quantitative estimate of drug-likeness (QED) is 0.477. The number of carbonyl (C=O) groups excluding carboxylic acids is 1. The maximum atomic E-state index is 12.1. The summed E-state index contributed by atoms with van der Waals surface area (Å²) >= 11 is 0. The van der Waals surface area contributed by atoms with E-state index in [1.165, 1.54) is 6.08 Å². The molecule has 0 amide bonds. The number of hydrogen-bond donors (Lipinski definition) is 2. The second-order valence-corrected chi connectivity index (χ2v) is 7.47. The van der Waals surface area contributed by atoms with Crippen molar-refractivity contribution >= 4 is 5.97 Å². The zero-order valence-corrected chi connectivity index (χ0v) is 15.5. The fourth-order valence-electron chi connectivity index (χ4n) is 3.67. The van der Waals surface area contributed by atoms with Crippen LogP contribution in [0.15, 0.2) is 35.9 Å². The van der Waals surface area contributed by atoms with Crippen LogP contribution in [0, 0.1) is 0 Å². The van der Waals surface area contributed by atoms with E-state index >= 15 is 0 Å². The lowest BCUT2D eigenvalue weighted by Crippen LogP contribution is -2.50. The second kappa shape index (κ2) is 7.15. The molecule has 0 unspecified atom stereocenters. The molecule has 6 heteroatoms. The first kappa shape index (κ1) is 19.4. The summed E-state index contributed by atoms with van der Waals surface area (Å²) in [7, 11) is 5.49. The summed E-state index contributed by atoms with van der Waals surface area (Å²) in [5.41, 5.74) is 0.356.